The van der Waals surface area contributed by atoms with Crippen molar-refractivity contribution in [1.29, 1.82) is 0 Å². The van der Waals surface area contributed by atoms with Crippen molar-refractivity contribution >= 4 is 23.2 Å². The Balaban J connectivity index is 2.81. The maximum atomic E-state index is 11.4. The highest BCUT2D eigenvalue weighted by atomic mass is 32.1. The van der Waals surface area contributed by atoms with Gasteiger partial charge in [-0.2, -0.15) is 0 Å². The Kier molecular flexibility index (Phi) is 4.21. The molecule has 0 bridgehead atoms. The molecule has 1 heterocycles. The van der Waals surface area contributed by atoms with Gasteiger partial charge in [-0.1, -0.05) is 27.7 Å². The minimum absolute atomic E-state index is 0.0664. The van der Waals surface area contributed by atoms with E-state index in [1.807, 2.05) is 25.4 Å². The van der Waals surface area contributed by atoms with Crippen LogP contribution in [-0.4, -0.2) is 10.8 Å². The summed E-state index contributed by atoms with van der Waals surface area (Å²) in [6, 6.07) is 0. The first-order valence-corrected chi connectivity index (χ1v) is 6.05. The third-order valence-corrected chi connectivity index (χ3v) is 2.95. The Labute approximate surface area is 95.0 Å². The fraction of sp³-hybridized carbons (Fsp3) is 0.500. The second kappa shape index (κ2) is 5.21. The molecule has 1 rings (SSSR count). The summed E-state index contributed by atoms with van der Waals surface area (Å²) < 4.78 is 0. The third kappa shape index (κ3) is 3.27. The molecule has 1 aromatic heterocycles. The van der Waals surface area contributed by atoms with Crippen molar-refractivity contribution in [2.24, 2.45) is 5.92 Å². The third-order valence-electron chi connectivity index (χ3n) is 2.14. The van der Waals surface area contributed by atoms with E-state index in [1.165, 1.54) is 0 Å². The fourth-order valence-corrected chi connectivity index (χ4v) is 2.01. The van der Waals surface area contributed by atoms with Gasteiger partial charge in [0.25, 0.3) is 0 Å². The molecular weight excluding hydrogens is 206 g/mol. The lowest BCUT2D eigenvalue weighted by Crippen LogP contribution is -2.01. The molecule has 0 fully saturated rings. The molecule has 1 aromatic rings. The van der Waals surface area contributed by atoms with E-state index in [0.717, 1.165) is 10.6 Å². The van der Waals surface area contributed by atoms with E-state index in [9.17, 15) is 4.79 Å². The van der Waals surface area contributed by atoms with Gasteiger partial charge in [-0.3, -0.25) is 4.79 Å². The van der Waals surface area contributed by atoms with Crippen LogP contribution >= 0.6 is 11.3 Å². The molecule has 3 heteroatoms. The van der Waals surface area contributed by atoms with Gasteiger partial charge in [-0.25, -0.2) is 4.98 Å². The summed E-state index contributed by atoms with van der Waals surface area (Å²) in [5.41, 5.74) is 2.90. The zero-order chi connectivity index (χ0) is 11.4. The standard InChI is InChI=1S/C12H17NOS/c1-8(2)10(14)5-6-11-12(9(3)4)13-7-15-11/h5-9H,1-4H3/b6-5+. The van der Waals surface area contributed by atoms with Crippen molar-refractivity contribution in [3.8, 4) is 0 Å². The number of aromatic nitrogens is 1. The van der Waals surface area contributed by atoms with Gasteiger partial charge in [0.2, 0.25) is 0 Å². The van der Waals surface area contributed by atoms with Crippen LogP contribution in [0.4, 0.5) is 0 Å². The smallest absolute Gasteiger partial charge is 0.158 e. The minimum Gasteiger partial charge on any atom is -0.295 e. The summed E-state index contributed by atoms with van der Waals surface area (Å²) in [4.78, 5) is 16.8. The number of carbonyl (C=O) groups is 1. The van der Waals surface area contributed by atoms with E-state index < -0.39 is 0 Å². The predicted molar refractivity (Wildman–Crippen MR) is 65.1 cm³/mol. The monoisotopic (exact) mass is 223 g/mol. The summed E-state index contributed by atoms with van der Waals surface area (Å²) in [5, 5.41) is 0. The molecule has 0 aromatic carbocycles. The summed E-state index contributed by atoms with van der Waals surface area (Å²) in [6.07, 6.45) is 3.54. The SMILES string of the molecule is CC(C)C(=O)/C=C/c1scnc1C(C)C. The number of rotatable bonds is 4. The van der Waals surface area contributed by atoms with E-state index in [1.54, 1.807) is 17.4 Å². The molecule has 0 amide bonds. The van der Waals surface area contributed by atoms with Gasteiger partial charge in [0.05, 0.1) is 16.1 Å². The van der Waals surface area contributed by atoms with Crippen molar-refractivity contribution in [3.05, 3.63) is 22.2 Å². The van der Waals surface area contributed by atoms with Gasteiger partial charge in [-0.15, -0.1) is 11.3 Å². The highest BCUT2D eigenvalue weighted by molar-refractivity contribution is 7.10. The Morgan fingerprint density at radius 3 is 2.60 bits per heavy atom. The van der Waals surface area contributed by atoms with Gasteiger partial charge in [0.1, 0.15) is 0 Å². The maximum absolute atomic E-state index is 11.4. The normalized spacial score (nSPS) is 11.9. The van der Waals surface area contributed by atoms with Crippen LogP contribution in [0, 0.1) is 5.92 Å². The van der Waals surface area contributed by atoms with E-state index >= 15 is 0 Å². The highest BCUT2D eigenvalue weighted by Gasteiger charge is 2.08. The van der Waals surface area contributed by atoms with Crippen molar-refractivity contribution < 1.29 is 4.79 Å². The topological polar surface area (TPSA) is 30.0 Å². The molecule has 0 aliphatic carbocycles. The number of hydrogen-bond acceptors (Lipinski definition) is 3. The lowest BCUT2D eigenvalue weighted by atomic mass is 10.1. The maximum Gasteiger partial charge on any atom is 0.158 e. The summed E-state index contributed by atoms with van der Waals surface area (Å²) in [6.45, 7) is 8.03. The van der Waals surface area contributed by atoms with Crippen LogP contribution < -0.4 is 0 Å². The van der Waals surface area contributed by atoms with E-state index in [-0.39, 0.29) is 11.7 Å². The van der Waals surface area contributed by atoms with Gasteiger partial charge in [0.15, 0.2) is 5.78 Å². The lowest BCUT2D eigenvalue weighted by Gasteiger charge is -2.01. The quantitative estimate of drug-likeness (QED) is 0.731. The first-order chi connectivity index (χ1) is 7.02. The molecule has 2 nitrogen and oxygen atoms in total. The molecule has 15 heavy (non-hydrogen) atoms. The van der Waals surface area contributed by atoms with Crippen molar-refractivity contribution in [2.75, 3.05) is 0 Å². The van der Waals surface area contributed by atoms with Crippen LogP contribution in [0.3, 0.4) is 0 Å². The summed E-state index contributed by atoms with van der Waals surface area (Å²) in [5.74, 6) is 0.639. The number of thiazole rings is 1. The van der Waals surface area contributed by atoms with Gasteiger partial charge in [0, 0.05) is 5.92 Å². The largest absolute Gasteiger partial charge is 0.295 e. The number of allylic oxidation sites excluding steroid dienone is 1. The molecule has 0 saturated carbocycles. The average Bonchev–Trinajstić information content (AvgIpc) is 2.61. The van der Waals surface area contributed by atoms with Crippen LogP contribution in [0.15, 0.2) is 11.6 Å². The molecule has 0 spiro atoms. The highest BCUT2D eigenvalue weighted by Crippen LogP contribution is 2.22. The second-order valence-electron chi connectivity index (χ2n) is 4.15. The number of nitrogens with zero attached hydrogens (tertiary/aromatic N) is 1. The number of hydrogen-bond donors (Lipinski definition) is 0. The molecule has 0 unspecified atom stereocenters. The van der Waals surface area contributed by atoms with Crippen LogP contribution in [0.25, 0.3) is 6.08 Å². The van der Waals surface area contributed by atoms with Crippen LogP contribution in [0.5, 0.6) is 0 Å². The molecule has 0 N–H and O–H groups in total. The van der Waals surface area contributed by atoms with Crippen molar-refractivity contribution in [1.82, 2.24) is 4.98 Å². The Hall–Kier alpha value is -0.960. The minimum atomic E-state index is 0.0664. The predicted octanol–water partition coefficient (Wildman–Crippen LogP) is 3.50. The van der Waals surface area contributed by atoms with E-state index in [0.29, 0.717) is 5.92 Å². The lowest BCUT2D eigenvalue weighted by molar-refractivity contribution is -0.117. The molecular formula is C12H17NOS. The van der Waals surface area contributed by atoms with Gasteiger partial charge in [-0.05, 0) is 18.1 Å². The Morgan fingerprint density at radius 1 is 1.40 bits per heavy atom. The van der Waals surface area contributed by atoms with E-state index in [2.05, 4.69) is 18.8 Å². The van der Waals surface area contributed by atoms with E-state index in [4.69, 9.17) is 0 Å². The van der Waals surface area contributed by atoms with Crippen LogP contribution in [0.1, 0.15) is 44.2 Å². The zero-order valence-electron chi connectivity index (χ0n) is 9.65. The second-order valence-corrected chi connectivity index (χ2v) is 5.03. The molecule has 0 aliphatic heterocycles. The van der Waals surface area contributed by atoms with Crippen molar-refractivity contribution in [2.45, 2.75) is 33.6 Å². The first-order valence-electron chi connectivity index (χ1n) is 5.17. The molecule has 0 saturated heterocycles. The summed E-state index contributed by atoms with van der Waals surface area (Å²) in [7, 11) is 0. The average molecular weight is 223 g/mol. The molecule has 0 aliphatic rings. The molecule has 0 atom stereocenters. The summed E-state index contributed by atoms with van der Waals surface area (Å²) >= 11 is 1.58. The fourth-order valence-electron chi connectivity index (χ4n) is 1.17. The first kappa shape index (κ1) is 12.1. The molecule has 0 radical (unpaired) electrons. The zero-order valence-corrected chi connectivity index (χ0v) is 10.5. The molecule has 82 valence electrons. The van der Waals surface area contributed by atoms with Crippen LogP contribution in [0.2, 0.25) is 0 Å². The Morgan fingerprint density at radius 2 is 2.07 bits per heavy atom. The van der Waals surface area contributed by atoms with Crippen molar-refractivity contribution in [3.63, 3.8) is 0 Å². The van der Waals surface area contributed by atoms with Gasteiger partial charge >= 0.3 is 0 Å². The van der Waals surface area contributed by atoms with Crippen LogP contribution in [-0.2, 0) is 4.79 Å². The Bertz CT molecular complexity index is 363. The van der Waals surface area contributed by atoms with Gasteiger partial charge < -0.3 is 0 Å². The number of carbonyl (C=O) groups excluding carboxylic acids is 1. The number of ketones is 1.